The summed E-state index contributed by atoms with van der Waals surface area (Å²) in [4.78, 5) is 13.6. The molecule has 0 amide bonds. The molecule has 0 atom stereocenters. The van der Waals surface area contributed by atoms with Crippen LogP contribution in [0, 0.1) is 20.8 Å². The predicted octanol–water partition coefficient (Wildman–Crippen LogP) is 3.27. The van der Waals surface area contributed by atoms with Crippen LogP contribution >= 0.6 is 0 Å². The molecule has 126 valence electrons. The minimum absolute atomic E-state index is 0.711. The molecule has 25 heavy (non-hydrogen) atoms. The zero-order valence-electron chi connectivity index (χ0n) is 14.8. The number of rotatable bonds is 3. The number of hydrogen-bond acceptors (Lipinski definition) is 4. The fraction of sp³-hybridized carbons (Fsp3) is 0.263. The first-order valence-electron chi connectivity index (χ1n) is 8.28. The Morgan fingerprint density at radius 2 is 1.92 bits per heavy atom. The number of hydrogen-bond donors (Lipinski definition) is 1. The van der Waals surface area contributed by atoms with Crippen LogP contribution in [0.4, 0.5) is 0 Å². The van der Waals surface area contributed by atoms with Crippen molar-refractivity contribution in [2.75, 3.05) is 0 Å². The molecule has 1 N–H and O–H groups in total. The SMILES string of the molecule is Cc1nc(Cc2ccc3nc(-c4cnc(C)n4C)cc(C)c3c2)n[nH]1. The second-order valence-corrected chi connectivity index (χ2v) is 6.44. The molecule has 0 bridgehead atoms. The van der Waals surface area contributed by atoms with Crippen LogP contribution in [0.2, 0.25) is 0 Å². The Balaban J connectivity index is 1.75. The van der Waals surface area contributed by atoms with Gasteiger partial charge in [-0.3, -0.25) is 5.10 Å². The molecule has 6 heteroatoms. The van der Waals surface area contributed by atoms with Crippen LogP contribution in [0.5, 0.6) is 0 Å². The third kappa shape index (κ3) is 2.80. The van der Waals surface area contributed by atoms with Gasteiger partial charge in [-0.05, 0) is 50.1 Å². The molecule has 0 radical (unpaired) electrons. The maximum absolute atomic E-state index is 4.83. The van der Waals surface area contributed by atoms with Gasteiger partial charge in [-0.1, -0.05) is 6.07 Å². The normalized spacial score (nSPS) is 11.4. The van der Waals surface area contributed by atoms with Gasteiger partial charge in [0.25, 0.3) is 0 Å². The minimum Gasteiger partial charge on any atom is -0.330 e. The number of nitrogens with one attached hydrogen (secondary N) is 1. The first-order valence-corrected chi connectivity index (χ1v) is 8.28. The van der Waals surface area contributed by atoms with Crippen molar-refractivity contribution in [2.24, 2.45) is 7.05 Å². The molecular weight excluding hydrogens is 312 g/mol. The largest absolute Gasteiger partial charge is 0.330 e. The summed E-state index contributed by atoms with van der Waals surface area (Å²) >= 11 is 0. The van der Waals surface area contributed by atoms with Gasteiger partial charge in [0, 0.05) is 18.9 Å². The van der Waals surface area contributed by atoms with Crippen molar-refractivity contribution in [3.05, 3.63) is 59.1 Å². The van der Waals surface area contributed by atoms with Crippen LogP contribution in [0.15, 0.2) is 30.5 Å². The van der Waals surface area contributed by atoms with E-state index in [2.05, 4.69) is 55.9 Å². The van der Waals surface area contributed by atoms with E-state index in [1.54, 1.807) is 0 Å². The first-order chi connectivity index (χ1) is 12.0. The lowest BCUT2D eigenvalue weighted by Crippen LogP contribution is -1.98. The zero-order valence-corrected chi connectivity index (χ0v) is 14.8. The lowest BCUT2D eigenvalue weighted by Gasteiger charge is -2.09. The summed E-state index contributed by atoms with van der Waals surface area (Å²) in [7, 11) is 2.01. The van der Waals surface area contributed by atoms with Gasteiger partial charge in [0.15, 0.2) is 5.82 Å². The molecular formula is C19H20N6. The Morgan fingerprint density at radius 1 is 1.08 bits per heavy atom. The zero-order chi connectivity index (χ0) is 17.6. The highest BCUT2D eigenvalue weighted by atomic mass is 15.2. The van der Waals surface area contributed by atoms with Crippen LogP contribution in [-0.2, 0) is 13.5 Å². The van der Waals surface area contributed by atoms with E-state index in [1.165, 1.54) is 11.1 Å². The maximum Gasteiger partial charge on any atom is 0.155 e. The fourth-order valence-electron chi connectivity index (χ4n) is 3.07. The molecule has 0 unspecified atom stereocenters. The van der Waals surface area contributed by atoms with Gasteiger partial charge in [-0.2, -0.15) is 5.10 Å². The van der Waals surface area contributed by atoms with E-state index in [-0.39, 0.29) is 0 Å². The number of imidazole rings is 1. The summed E-state index contributed by atoms with van der Waals surface area (Å²) in [6, 6.07) is 8.48. The Hall–Kier alpha value is -3.02. The number of benzene rings is 1. The summed E-state index contributed by atoms with van der Waals surface area (Å²) in [5, 5.41) is 8.27. The quantitative estimate of drug-likeness (QED) is 0.625. The lowest BCUT2D eigenvalue weighted by molar-refractivity contribution is 0.862. The number of fused-ring (bicyclic) bond motifs is 1. The van der Waals surface area contributed by atoms with Crippen molar-refractivity contribution in [3.8, 4) is 11.4 Å². The van der Waals surface area contributed by atoms with Gasteiger partial charge in [0.2, 0.25) is 0 Å². The third-order valence-electron chi connectivity index (χ3n) is 4.57. The summed E-state index contributed by atoms with van der Waals surface area (Å²) < 4.78 is 2.06. The molecule has 0 spiro atoms. The van der Waals surface area contributed by atoms with Crippen molar-refractivity contribution < 1.29 is 0 Å². The van der Waals surface area contributed by atoms with Crippen molar-refractivity contribution >= 4 is 10.9 Å². The van der Waals surface area contributed by atoms with Gasteiger partial charge < -0.3 is 4.57 Å². The van der Waals surface area contributed by atoms with Gasteiger partial charge >= 0.3 is 0 Å². The number of pyridine rings is 1. The number of H-pyrrole nitrogens is 1. The molecule has 1 aromatic carbocycles. The lowest BCUT2D eigenvalue weighted by atomic mass is 10.0. The van der Waals surface area contributed by atoms with Crippen molar-refractivity contribution in [2.45, 2.75) is 27.2 Å². The molecule has 4 aromatic rings. The number of aromatic nitrogens is 6. The molecule has 0 aliphatic heterocycles. The molecule has 0 aliphatic carbocycles. The fourth-order valence-corrected chi connectivity index (χ4v) is 3.07. The Bertz CT molecular complexity index is 1070. The first kappa shape index (κ1) is 15.5. The molecule has 3 heterocycles. The second-order valence-electron chi connectivity index (χ2n) is 6.44. The van der Waals surface area contributed by atoms with Crippen LogP contribution in [0.25, 0.3) is 22.3 Å². The molecule has 0 fully saturated rings. The van der Waals surface area contributed by atoms with E-state index in [1.807, 2.05) is 27.1 Å². The van der Waals surface area contributed by atoms with Gasteiger partial charge in [0.05, 0.1) is 23.1 Å². The molecule has 4 rings (SSSR count). The Labute approximate surface area is 146 Å². The average molecular weight is 332 g/mol. The number of nitrogens with zero attached hydrogens (tertiary/aromatic N) is 5. The molecule has 0 saturated heterocycles. The summed E-state index contributed by atoms with van der Waals surface area (Å²) in [5.41, 5.74) is 5.35. The predicted molar refractivity (Wildman–Crippen MR) is 97.3 cm³/mol. The molecule has 0 aliphatic rings. The van der Waals surface area contributed by atoms with Crippen LogP contribution < -0.4 is 0 Å². The van der Waals surface area contributed by atoms with Crippen molar-refractivity contribution in [3.63, 3.8) is 0 Å². The van der Waals surface area contributed by atoms with Gasteiger partial charge in [-0.15, -0.1) is 0 Å². The highest BCUT2D eigenvalue weighted by molar-refractivity contribution is 5.85. The van der Waals surface area contributed by atoms with Crippen molar-refractivity contribution in [1.82, 2.24) is 29.7 Å². The van der Waals surface area contributed by atoms with E-state index < -0.39 is 0 Å². The topological polar surface area (TPSA) is 72.3 Å². The highest BCUT2D eigenvalue weighted by Crippen LogP contribution is 2.26. The molecule has 6 nitrogen and oxygen atoms in total. The monoisotopic (exact) mass is 332 g/mol. The van der Waals surface area contributed by atoms with Crippen LogP contribution in [0.1, 0.15) is 28.6 Å². The van der Waals surface area contributed by atoms with E-state index in [9.17, 15) is 0 Å². The van der Waals surface area contributed by atoms with E-state index in [0.717, 1.165) is 39.8 Å². The Morgan fingerprint density at radius 3 is 2.60 bits per heavy atom. The third-order valence-corrected chi connectivity index (χ3v) is 4.57. The van der Waals surface area contributed by atoms with Crippen molar-refractivity contribution in [1.29, 1.82) is 0 Å². The van der Waals surface area contributed by atoms with E-state index in [0.29, 0.717) is 6.42 Å². The number of aryl methyl sites for hydroxylation is 3. The van der Waals surface area contributed by atoms with Gasteiger partial charge in [0.1, 0.15) is 11.6 Å². The molecule has 0 saturated carbocycles. The summed E-state index contributed by atoms with van der Waals surface area (Å²) in [6.45, 7) is 6.03. The van der Waals surface area contributed by atoms with Crippen LogP contribution in [-0.4, -0.2) is 29.7 Å². The highest BCUT2D eigenvalue weighted by Gasteiger charge is 2.11. The standard InChI is InChI=1S/C19H20N6/c1-11-7-17(18-10-20-13(3)25(18)4)22-16-6-5-14(8-15(11)16)9-19-21-12(2)23-24-19/h5-8,10H,9H2,1-4H3,(H,21,23,24). The van der Waals surface area contributed by atoms with Gasteiger partial charge in [-0.25, -0.2) is 15.0 Å². The Kier molecular flexibility index (Phi) is 3.60. The molecule has 3 aromatic heterocycles. The smallest absolute Gasteiger partial charge is 0.155 e. The van der Waals surface area contributed by atoms with Crippen LogP contribution in [0.3, 0.4) is 0 Å². The number of aromatic amines is 1. The summed E-state index contributed by atoms with van der Waals surface area (Å²) in [5.74, 6) is 2.63. The minimum atomic E-state index is 0.711. The van der Waals surface area contributed by atoms with E-state index >= 15 is 0 Å². The summed E-state index contributed by atoms with van der Waals surface area (Å²) in [6.07, 6.45) is 2.59. The average Bonchev–Trinajstić information content (AvgIpc) is 3.14. The van der Waals surface area contributed by atoms with E-state index in [4.69, 9.17) is 4.98 Å². The maximum atomic E-state index is 4.83. The second kappa shape index (κ2) is 5.81.